The van der Waals surface area contributed by atoms with Gasteiger partial charge in [0.1, 0.15) is 22.2 Å². The number of rotatable bonds is 6. The van der Waals surface area contributed by atoms with Crippen molar-refractivity contribution in [3.63, 3.8) is 0 Å². The van der Waals surface area contributed by atoms with Gasteiger partial charge in [-0.1, -0.05) is 43.9 Å². The van der Waals surface area contributed by atoms with E-state index < -0.39 is 18.1 Å². The first-order chi connectivity index (χ1) is 14.3. The molecule has 2 atom stereocenters. The summed E-state index contributed by atoms with van der Waals surface area (Å²) >= 11 is 6.56. The molecule has 160 valence electrons. The molecule has 2 aliphatic heterocycles. The summed E-state index contributed by atoms with van der Waals surface area (Å²) in [5.74, 6) is -1.29. The summed E-state index contributed by atoms with van der Waals surface area (Å²) in [5.41, 5.74) is 0. The minimum Gasteiger partial charge on any atom is -0.480 e. The Labute approximate surface area is 184 Å². The fraction of sp³-hybridized carbons (Fsp3) is 0.429. The molecule has 2 unspecified atom stereocenters. The minimum atomic E-state index is -1.01. The van der Waals surface area contributed by atoms with Crippen LogP contribution in [0.5, 0.6) is 0 Å². The standard InChI is InChI=1S/C21H24N2O5S2/c1-13(2)17(19(25)22-11-4-3-9-15(22)20(26)27)23-18(24)16(30-21(23)29)10-5-7-14-8-6-12-28-14/h5-8,10,12-13,15,17H,3-4,9,11H2,1-2H3,(H,26,27). The van der Waals surface area contributed by atoms with Gasteiger partial charge < -0.3 is 14.4 Å². The van der Waals surface area contributed by atoms with Gasteiger partial charge in [0.15, 0.2) is 0 Å². The molecule has 1 N–H and O–H groups in total. The number of carboxylic acids is 1. The van der Waals surface area contributed by atoms with E-state index in [1.54, 1.807) is 36.6 Å². The number of thiocarbonyl (C=S) groups is 1. The third kappa shape index (κ3) is 4.67. The van der Waals surface area contributed by atoms with Crippen molar-refractivity contribution in [2.75, 3.05) is 6.54 Å². The zero-order valence-electron chi connectivity index (χ0n) is 16.8. The van der Waals surface area contributed by atoms with Crippen LogP contribution in [0.1, 0.15) is 38.9 Å². The maximum Gasteiger partial charge on any atom is 0.326 e. The summed E-state index contributed by atoms with van der Waals surface area (Å²) in [6.45, 7) is 4.04. The first kappa shape index (κ1) is 22.3. The zero-order chi connectivity index (χ0) is 21.8. The Morgan fingerprint density at radius 2 is 2.13 bits per heavy atom. The monoisotopic (exact) mass is 448 g/mol. The summed E-state index contributed by atoms with van der Waals surface area (Å²) in [7, 11) is 0. The van der Waals surface area contributed by atoms with Gasteiger partial charge in [-0.25, -0.2) is 4.79 Å². The second kappa shape index (κ2) is 9.61. The number of carboxylic acid groups (broad SMARTS) is 1. The van der Waals surface area contributed by atoms with Crippen LogP contribution in [0.3, 0.4) is 0 Å². The number of piperidine rings is 1. The minimum absolute atomic E-state index is 0.227. The molecule has 0 bridgehead atoms. The Morgan fingerprint density at radius 1 is 1.37 bits per heavy atom. The molecule has 0 spiro atoms. The third-order valence-electron chi connectivity index (χ3n) is 5.11. The van der Waals surface area contributed by atoms with Gasteiger partial charge in [0, 0.05) is 6.54 Å². The first-order valence-electron chi connectivity index (χ1n) is 9.81. The summed E-state index contributed by atoms with van der Waals surface area (Å²) in [5, 5.41) is 9.54. The first-order valence-corrected chi connectivity index (χ1v) is 11.0. The Hall–Kier alpha value is -2.39. The van der Waals surface area contributed by atoms with Gasteiger partial charge >= 0.3 is 5.97 Å². The molecule has 9 heteroatoms. The molecular weight excluding hydrogens is 424 g/mol. The highest BCUT2D eigenvalue weighted by Gasteiger charge is 2.45. The van der Waals surface area contributed by atoms with E-state index in [1.165, 1.54) is 9.80 Å². The molecule has 7 nitrogen and oxygen atoms in total. The van der Waals surface area contributed by atoms with Gasteiger partial charge in [-0.15, -0.1) is 0 Å². The molecule has 1 aromatic heterocycles. The second-order valence-electron chi connectivity index (χ2n) is 7.52. The van der Waals surface area contributed by atoms with Gasteiger partial charge in [-0.2, -0.15) is 0 Å². The van der Waals surface area contributed by atoms with E-state index in [1.807, 2.05) is 13.8 Å². The van der Waals surface area contributed by atoms with Crippen molar-refractivity contribution in [1.82, 2.24) is 9.80 Å². The zero-order valence-corrected chi connectivity index (χ0v) is 18.4. The average molecular weight is 449 g/mol. The molecule has 0 saturated carbocycles. The fourth-order valence-corrected chi connectivity index (χ4v) is 4.95. The lowest BCUT2D eigenvalue weighted by molar-refractivity contribution is -0.155. The number of amides is 2. The van der Waals surface area contributed by atoms with Crippen LogP contribution in [0.15, 0.2) is 39.9 Å². The Bertz CT molecular complexity index is 891. The van der Waals surface area contributed by atoms with Crippen LogP contribution < -0.4 is 0 Å². The Kier molecular flexibility index (Phi) is 7.14. The number of hydrogen-bond donors (Lipinski definition) is 1. The van der Waals surface area contributed by atoms with Crippen LogP contribution in [0.2, 0.25) is 0 Å². The molecule has 30 heavy (non-hydrogen) atoms. The van der Waals surface area contributed by atoms with Gasteiger partial charge in [0.05, 0.1) is 11.2 Å². The Morgan fingerprint density at radius 3 is 2.77 bits per heavy atom. The normalized spacial score (nSPS) is 22.5. The lowest BCUT2D eigenvalue weighted by Gasteiger charge is -2.38. The van der Waals surface area contributed by atoms with E-state index in [-0.39, 0.29) is 17.7 Å². The number of nitrogens with zero attached hydrogens (tertiary/aromatic N) is 2. The van der Waals surface area contributed by atoms with Crippen molar-refractivity contribution in [1.29, 1.82) is 0 Å². The van der Waals surface area contributed by atoms with Crippen molar-refractivity contribution in [2.24, 2.45) is 5.92 Å². The smallest absolute Gasteiger partial charge is 0.326 e. The number of hydrogen-bond acceptors (Lipinski definition) is 6. The summed E-state index contributed by atoms with van der Waals surface area (Å²) in [6.07, 6.45) is 8.55. The topological polar surface area (TPSA) is 91.1 Å². The van der Waals surface area contributed by atoms with E-state index in [0.29, 0.717) is 28.0 Å². The van der Waals surface area contributed by atoms with Crippen molar-refractivity contribution >= 4 is 52.2 Å². The van der Waals surface area contributed by atoms with Gasteiger partial charge in [-0.05, 0) is 49.5 Å². The van der Waals surface area contributed by atoms with Crippen molar-refractivity contribution in [2.45, 2.75) is 45.2 Å². The molecular formula is C21H24N2O5S2. The number of thioether (sulfide) groups is 1. The average Bonchev–Trinajstić information content (AvgIpc) is 3.31. The summed E-state index contributed by atoms with van der Waals surface area (Å²) in [6, 6.07) is 1.86. The molecule has 3 heterocycles. The second-order valence-corrected chi connectivity index (χ2v) is 9.19. The van der Waals surface area contributed by atoms with E-state index in [2.05, 4.69) is 0 Å². The quantitative estimate of drug-likeness (QED) is 0.526. The number of carbonyl (C=O) groups is 3. The van der Waals surface area contributed by atoms with Crippen LogP contribution in [0.25, 0.3) is 6.08 Å². The molecule has 3 rings (SSSR count). The highest BCUT2D eigenvalue weighted by atomic mass is 32.2. The Balaban J connectivity index is 1.83. The molecule has 2 fully saturated rings. The van der Waals surface area contributed by atoms with Crippen molar-refractivity contribution < 1.29 is 23.9 Å². The highest BCUT2D eigenvalue weighted by Crippen LogP contribution is 2.35. The van der Waals surface area contributed by atoms with E-state index >= 15 is 0 Å². The molecule has 0 aliphatic carbocycles. The summed E-state index contributed by atoms with van der Waals surface area (Å²) < 4.78 is 5.52. The number of carbonyl (C=O) groups excluding carboxylic acids is 2. The predicted octanol–water partition coefficient (Wildman–Crippen LogP) is 3.53. The lowest BCUT2D eigenvalue weighted by Crippen LogP contribution is -2.57. The van der Waals surface area contributed by atoms with Crippen LogP contribution in [-0.2, 0) is 14.4 Å². The van der Waals surface area contributed by atoms with E-state index in [4.69, 9.17) is 16.6 Å². The number of likely N-dealkylation sites (tertiary alicyclic amines) is 1. The van der Waals surface area contributed by atoms with Crippen LogP contribution in [-0.4, -0.2) is 55.6 Å². The SMILES string of the molecule is CC(C)C(C(=O)N1CCCCC1C(=O)O)N1C(=O)C(=CC=Cc2ccco2)SC1=S. The largest absolute Gasteiger partial charge is 0.480 e. The molecule has 1 aromatic rings. The molecule has 2 aliphatic rings. The third-order valence-corrected chi connectivity index (χ3v) is 6.46. The van der Waals surface area contributed by atoms with Crippen molar-refractivity contribution in [3.05, 3.63) is 41.2 Å². The predicted molar refractivity (Wildman–Crippen MR) is 118 cm³/mol. The molecule has 0 aromatic carbocycles. The van der Waals surface area contributed by atoms with Crippen LogP contribution >= 0.6 is 24.0 Å². The lowest BCUT2D eigenvalue weighted by atomic mass is 9.96. The van der Waals surface area contributed by atoms with E-state index in [9.17, 15) is 19.5 Å². The maximum absolute atomic E-state index is 13.4. The number of furan rings is 1. The molecule has 0 radical (unpaired) electrons. The van der Waals surface area contributed by atoms with Crippen molar-refractivity contribution in [3.8, 4) is 0 Å². The van der Waals surface area contributed by atoms with Crippen LogP contribution in [0, 0.1) is 5.92 Å². The number of allylic oxidation sites excluding steroid dienone is 2. The molecule has 2 amide bonds. The highest BCUT2D eigenvalue weighted by molar-refractivity contribution is 8.26. The van der Waals surface area contributed by atoms with Gasteiger partial charge in [0.2, 0.25) is 5.91 Å². The summed E-state index contributed by atoms with van der Waals surface area (Å²) in [4.78, 5) is 41.2. The van der Waals surface area contributed by atoms with E-state index in [0.717, 1.165) is 24.6 Å². The fourth-order valence-electron chi connectivity index (χ4n) is 3.67. The number of aliphatic carboxylic acids is 1. The molecule has 2 saturated heterocycles. The van der Waals surface area contributed by atoms with Crippen LogP contribution in [0.4, 0.5) is 0 Å². The maximum atomic E-state index is 13.4. The van der Waals surface area contributed by atoms with Gasteiger partial charge in [-0.3, -0.25) is 14.5 Å². The van der Waals surface area contributed by atoms with Gasteiger partial charge in [0.25, 0.3) is 5.91 Å².